The van der Waals surface area contributed by atoms with E-state index >= 15 is 0 Å². The molecular weight excluding hydrogens is 452 g/mol. The highest BCUT2D eigenvalue weighted by Crippen LogP contribution is 2.33. The van der Waals surface area contributed by atoms with Crippen LogP contribution in [0.2, 0.25) is 0 Å². The van der Waals surface area contributed by atoms with E-state index in [2.05, 4.69) is 12.2 Å². The molecule has 1 amide bonds. The minimum absolute atomic E-state index is 0.156. The van der Waals surface area contributed by atoms with Crippen LogP contribution in [0.5, 0.6) is 0 Å². The lowest BCUT2D eigenvalue weighted by Gasteiger charge is -2.13. The number of carbonyl (C=O) groups is 1. The average molecular weight is 479 g/mol. The van der Waals surface area contributed by atoms with Crippen molar-refractivity contribution < 1.29 is 4.79 Å². The van der Waals surface area contributed by atoms with Crippen molar-refractivity contribution in [3.05, 3.63) is 80.1 Å². The van der Waals surface area contributed by atoms with Gasteiger partial charge in [0.15, 0.2) is 0 Å². The molecule has 1 aromatic carbocycles. The molecule has 0 spiro atoms. The van der Waals surface area contributed by atoms with Crippen LogP contribution in [0.3, 0.4) is 0 Å². The minimum atomic E-state index is -0.228. The fourth-order valence-electron chi connectivity index (χ4n) is 3.56. The molecule has 2 aromatic heterocycles. The zero-order chi connectivity index (χ0) is 23.5. The van der Waals surface area contributed by atoms with Gasteiger partial charge in [-0.25, -0.2) is 4.98 Å². The molecule has 3 aromatic rings. The number of aromatic nitrogens is 2. The number of pyridine rings is 1. The van der Waals surface area contributed by atoms with Crippen molar-refractivity contribution in [2.75, 3.05) is 11.9 Å². The Balaban J connectivity index is 1.75. The maximum Gasteiger partial charge on any atom is 0.267 e. The third-order valence-corrected chi connectivity index (χ3v) is 6.85. The van der Waals surface area contributed by atoms with Crippen LogP contribution in [-0.2, 0) is 11.3 Å². The molecule has 1 aliphatic heterocycles. The molecule has 6 nitrogen and oxygen atoms in total. The van der Waals surface area contributed by atoms with Gasteiger partial charge in [0, 0.05) is 19.3 Å². The number of benzene rings is 1. The predicted molar refractivity (Wildman–Crippen MR) is 139 cm³/mol. The number of aryl methyl sites for hydroxylation is 2. The first-order valence-corrected chi connectivity index (χ1v) is 12.2. The van der Waals surface area contributed by atoms with Crippen LogP contribution in [-0.4, -0.2) is 31.1 Å². The number of nitrogens with one attached hydrogen (secondary N) is 1. The Bertz CT molecular complexity index is 1310. The number of fused-ring (bicyclic) bond motifs is 1. The predicted octanol–water partition coefficient (Wildman–Crippen LogP) is 4.92. The summed E-state index contributed by atoms with van der Waals surface area (Å²) >= 11 is 6.66. The summed E-state index contributed by atoms with van der Waals surface area (Å²) < 4.78 is 2.05. The molecule has 3 heterocycles. The number of rotatable bonds is 7. The van der Waals surface area contributed by atoms with E-state index in [0.717, 1.165) is 24.0 Å². The zero-order valence-electron chi connectivity index (χ0n) is 18.9. The molecular formula is C25H26N4O2S2. The number of anilines is 1. The third-order valence-electron chi connectivity index (χ3n) is 5.47. The Morgan fingerprint density at radius 3 is 2.55 bits per heavy atom. The van der Waals surface area contributed by atoms with Gasteiger partial charge in [0.1, 0.15) is 15.8 Å². The zero-order valence-corrected chi connectivity index (χ0v) is 20.6. The number of thioether (sulfide) groups is 1. The van der Waals surface area contributed by atoms with Crippen molar-refractivity contribution in [2.24, 2.45) is 0 Å². The number of unbranched alkanes of at least 4 members (excludes halogenated alkanes) is 1. The van der Waals surface area contributed by atoms with Crippen LogP contribution in [0, 0.1) is 13.8 Å². The van der Waals surface area contributed by atoms with Crippen LogP contribution in [0.15, 0.2) is 52.3 Å². The summed E-state index contributed by atoms with van der Waals surface area (Å²) in [5, 5.41) is 3.31. The Labute approximate surface area is 202 Å². The summed E-state index contributed by atoms with van der Waals surface area (Å²) in [5.41, 5.74) is 3.87. The second-order valence-corrected chi connectivity index (χ2v) is 9.82. The minimum Gasteiger partial charge on any atom is -0.365 e. The molecule has 0 aliphatic carbocycles. The summed E-state index contributed by atoms with van der Waals surface area (Å²) in [6, 6.07) is 11.9. The van der Waals surface area contributed by atoms with E-state index in [1.165, 1.54) is 21.7 Å². The highest BCUT2D eigenvalue weighted by molar-refractivity contribution is 8.26. The largest absolute Gasteiger partial charge is 0.365 e. The molecule has 1 fully saturated rings. The number of amides is 1. The van der Waals surface area contributed by atoms with Crippen molar-refractivity contribution in [2.45, 2.75) is 40.2 Å². The molecule has 33 heavy (non-hydrogen) atoms. The van der Waals surface area contributed by atoms with Crippen molar-refractivity contribution >= 4 is 51.7 Å². The van der Waals surface area contributed by atoms with Gasteiger partial charge in [-0.3, -0.25) is 18.9 Å². The number of hydrogen-bond acceptors (Lipinski definition) is 6. The molecule has 1 saturated heterocycles. The summed E-state index contributed by atoms with van der Waals surface area (Å²) in [6.45, 7) is 7.13. The lowest BCUT2D eigenvalue weighted by atomic mass is 10.1. The fraction of sp³-hybridized carbons (Fsp3) is 0.280. The topological polar surface area (TPSA) is 66.7 Å². The van der Waals surface area contributed by atoms with Crippen LogP contribution in [0.4, 0.5) is 5.82 Å². The number of thiocarbonyl (C=S) groups is 1. The highest BCUT2D eigenvalue weighted by atomic mass is 32.2. The molecule has 8 heteroatoms. The molecule has 0 radical (unpaired) electrons. The lowest BCUT2D eigenvalue weighted by molar-refractivity contribution is -0.122. The van der Waals surface area contributed by atoms with Crippen molar-refractivity contribution in [1.29, 1.82) is 0 Å². The van der Waals surface area contributed by atoms with Crippen LogP contribution < -0.4 is 10.9 Å². The molecule has 1 N–H and O–H groups in total. The summed E-state index contributed by atoms with van der Waals surface area (Å²) in [5.74, 6) is 0.292. The van der Waals surface area contributed by atoms with Gasteiger partial charge in [0.25, 0.3) is 11.5 Å². The van der Waals surface area contributed by atoms with Crippen LogP contribution in [0.25, 0.3) is 11.7 Å². The van der Waals surface area contributed by atoms with Gasteiger partial charge in [0.05, 0.1) is 10.5 Å². The van der Waals surface area contributed by atoms with Gasteiger partial charge in [-0.2, -0.15) is 0 Å². The Morgan fingerprint density at radius 1 is 1.09 bits per heavy atom. The van der Waals surface area contributed by atoms with Gasteiger partial charge in [0.2, 0.25) is 0 Å². The maximum atomic E-state index is 13.5. The molecule has 0 saturated carbocycles. The van der Waals surface area contributed by atoms with E-state index in [1.54, 1.807) is 17.2 Å². The number of nitrogens with zero attached hydrogens (tertiary/aromatic N) is 3. The average Bonchev–Trinajstić information content (AvgIpc) is 3.06. The van der Waals surface area contributed by atoms with Gasteiger partial charge in [-0.1, -0.05) is 73.2 Å². The second-order valence-electron chi connectivity index (χ2n) is 8.14. The molecule has 0 bridgehead atoms. The fourth-order valence-corrected chi connectivity index (χ4v) is 4.85. The van der Waals surface area contributed by atoms with Crippen LogP contribution in [0.1, 0.15) is 42.0 Å². The van der Waals surface area contributed by atoms with Gasteiger partial charge < -0.3 is 5.32 Å². The molecule has 170 valence electrons. The van der Waals surface area contributed by atoms with Gasteiger partial charge in [-0.05, 0) is 43.5 Å². The first-order valence-electron chi connectivity index (χ1n) is 10.9. The standard InChI is InChI=1S/C25H26N4O2S2/c1-4-5-12-28-24(31)20(33-25(28)32)13-19-22(26-14-18-9-6-16(2)7-10-18)27-21-11-8-17(3)15-29(21)23(19)30/h6-11,13,15,26H,4-5,12,14H2,1-3H3/b20-13-. The molecule has 4 rings (SSSR count). The smallest absolute Gasteiger partial charge is 0.267 e. The van der Waals surface area contributed by atoms with E-state index < -0.39 is 0 Å². The first kappa shape index (κ1) is 23.2. The van der Waals surface area contributed by atoms with Gasteiger partial charge >= 0.3 is 0 Å². The van der Waals surface area contributed by atoms with E-state index in [9.17, 15) is 9.59 Å². The van der Waals surface area contributed by atoms with Crippen molar-refractivity contribution in [3.8, 4) is 0 Å². The number of carbonyl (C=O) groups excluding carboxylic acids is 1. The molecule has 0 atom stereocenters. The van der Waals surface area contributed by atoms with E-state index in [4.69, 9.17) is 17.2 Å². The third kappa shape index (κ3) is 5.02. The SMILES string of the molecule is CCCCN1C(=O)/C(=C/c2c(NCc3ccc(C)cc3)nc3ccc(C)cn3c2=O)SC1=S. The Hall–Kier alpha value is -2.97. The van der Waals surface area contributed by atoms with Crippen LogP contribution >= 0.6 is 24.0 Å². The summed E-state index contributed by atoms with van der Waals surface area (Å²) in [7, 11) is 0. The van der Waals surface area contributed by atoms with E-state index in [1.807, 2.05) is 50.2 Å². The first-order chi connectivity index (χ1) is 15.9. The Kier molecular flexibility index (Phi) is 6.95. The second kappa shape index (κ2) is 9.89. The number of hydrogen-bond donors (Lipinski definition) is 1. The lowest BCUT2D eigenvalue weighted by Crippen LogP contribution is -2.29. The normalized spacial score (nSPS) is 15.1. The van der Waals surface area contributed by atoms with Crippen molar-refractivity contribution in [3.63, 3.8) is 0 Å². The van der Waals surface area contributed by atoms with Gasteiger partial charge in [-0.15, -0.1) is 0 Å². The molecule has 1 aliphatic rings. The monoisotopic (exact) mass is 478 g/mol. The van der Waals surface area contributed by atoms with E-state index in [0.29, 0.717) is 39.3 Å². The quantitative estimate of drug-likeness (QED) is 0.384. The summed E-state index contributed by atoms with van der Waals surface area (Å²) in [4.78, 5) is 33.2. The highest BCUT2D eigenvalue weighted by Gasteiger charge is 2.32. The van der Waals surface area contributed by atoms with E-state index in [-0.39, 0.29) is 11.5 Å². The Morgan fingerprint density at radius 2 is 1.82 bits per heavy atom. The maximum absolute atomic E-state index is 13.5. The summed E-state index contributed by atoms with van der Waals surface area (Å²) in [6.07, 6.45) is 5.24. The van der Waals surface area contributed by atoms with Crippen molar-refractivity contribution in [1.82, 2.24) is 14.3 Å². The molecule has 0 unspecified atom stereocenters.